The van der Waals surface area contributed by atoms with E-state index in [1.165, 1.54) is 22.3 Å². The quantitative estimate of drug-likeness (QED) is 0.353. The molecule has 0 radical (unpaired) electrons. The number of morpholine rings is 1. The monoisotopic (exact) mass is 605 g/mol. The lowest BCUT2D eigenvalue weighted by molar-refractivity contribution is -0.176. The zero-order valence-electron chi connectivity index (χ0n) is 22.2. The molecule has 40 heavy (non-hydrogen) atoms. The van der Waals surface area contributed by atoms with Crippen molar-refractivity contribution in [3.63, 3.8) is 0 Å². The SMILES string of the molecule is O=C(O)COC1(c2ccc(Br)cc2)CCC2(CC1)CN(C(=O)OCC1c3ccccc3-c3ccccc31)CCO2. The van der Waals surface area contributed by atoms with Gasteiger partial charge in [-0.05, 0) is 65.6 Å². The van der Waals surface area contributed by atoms with Crippen molar-refractivity contribution >= 4 is 28.0 Å². The van der Waals surface area contributed by atoms with E-state index >= 15 is 0 Å². The molecule has 0 atom stereocenters. The average Bonchev–Trinajstić information content (AvgIpc) is 3.30. The summed E-state index contributed by atoms with van der Waals surface area (Å²) in [6.45, 7) is 1.28. The number of carboxylic acids is 1. The molecule has 1 heterocycles. The van der Waals surface area contributed by atoms with Crippen molar-refractivity contribution in [2.45, 2.75) is 42.8 Å². The van der Waals surface area contributed by atoms with Crippen LogP contribution in [-0.4, -0.2) is 60.6 Å². The first-order chi connectivity index (χ1) is 19.4. The van der Waals surface area contributed by atoms with Gasteiger partial charge in [0.25, 0.3) is 0 Å². The maximum absolute atomic E-state index is 13.3. The van der Waals surface area contributed by atoms with Crippen LogP contribution < -0.4 is 0 Å². The first-order valence-electron chi connectivity index (χ1n) is 13.7. The molecular weight excluding hydrogens is 574 g/mol. The summed E-state index contributed by atoms with van der Waals surface area (Å²) in [5.41, 5.74) is 4.52. The fraction of sp³-hybridized carbons (Fsp3) is 0.375. The van der Waals surface area contributed by atoms with Gasteiger partial charge in [-0.2, -0.15) is 0 Å². The third-order valence-electron chi connectivity index (χ3n) is 8.65. The van der Waals surface area contributed by atoms with Crippen molar-refractivity contribution in [3.05, 3.63) is 94.0 Å². The number of aliphatic carboxylic acids is 1. The highest BCUT2D eigenvalue weighted by molar-refractivity contribution is 9.10. The van der Waals surface area contributed by atoms with Crippen molar-refractivity contribution in [1.82, 2.24) is 4.90 Å². The fourth-order valence-corrected chi connectivity index (χ4v) is 6.83. The van der Waals surface area contributed by atoms with Crippen LogP contribution in [0.3, 0.4) is 0 Å². The van der Waals surface area contributed by atoms with Gasteiger partial charge >= 0.3 is 12.1 Å². The largest absolute Gasteiger partial charge is 0.480 e. The van der Waals surface area contributed by atoms with E-state index in [-0.39, 0.29) is 25.2 Å². The van der Waals surface area contributed by atoms with Crippen LogP contribution in [0.15, 0.2) is 77.3 Å². The molecule has 1 saturated carbocycles. The van der Waals surface area contributed by atoms with E-state index in [1.807, 2.05) is 48.5 Å². The molecule has 2 aliphatic carbocycles. The fourth-order valence-electron chi connectivity index (χ4n) is 6.57. The molecule has 0 aromatic heterocycles. The molecule has 3 aromatic carbocycles. The average molecular weight is 607 g/mol. The minimum atomic E-state index is -0.993. The summed E-state index contributed by atoms with van der Waals surface area (Å²) >= 11 is 3.47. The van der Waals surface area contributed by atoms with Crippen molar-refractivity contribution in [2.24, 2.45) is 0 Å². The summed E-state index contributed by atoms with van der Waals surface area (Å²) in [5.74, 6) is -0.980. The van der Waals surface area contributed by atoms with E-state index in [2.05, 4.69) is 40.2 Å². The summed E-state index contributed by atoms with van der Waals surface area (Å²) in [6.07, 6.45) is 2.17. The smallest absolute Gasteiger partial charge is 0.409 e. The van der Waals surface area contributed by atoms with E-state index < -0.39 is 17.2 Å². The van der Waals surface area contributed by atoms with Crippen molar-refractivity contribution in [2.75, 3.05) is 32.9 Å². The Kier molecular flexibility index (Phi) is 7.42. The summed E-state index contributed by atoms with van der Waals surface area (Å²) < 4.78 is 19.2. The normalized spacial score (nSPS) is 24.0. The molecule has 7 nitrogen and oxygen atoms in total. The molecule has 1 N–H and O–H groups in total. The van der Waals surface area contributed by atoms with Crippen LogP contribution in [0.25, 0.3) is 11.1 Å². The number of carboxylic acid groups (broad SMARTS) is 1. The maximum atomic E-state index is 13.3. The molecule has 3 aliphatic rings. The molecule has 0 unspecified atom stereocenters. The van der Waals surface area contributed by atoms with Crippen LogP contribution in [0.4, 0.5) is 4.79 Å². The molecule has 6 rings (SSSR count). The zero-order valence-corrected chi connectivity index (χ0v) is 23.8. The highest BCUT2D eigenvalue weighted by Gasteiger charge is 2.48. The predicted octanol–water partition coefficient (Wildman–Crippen LogP) is 6.34. The lowest BCUT2D eigenvalue weighted by atomic mass is 9.72. The van der Waals surface area contributed by atoms with Gasteiger partial charge in [0.2, 0.25) is 0 Å². The minimum Gasteiger partial charge on any atom is -0.480 e. The van der Waals surface area contributed by atoms with Gasteiger partial charge in [0.05, 0.1) is 24.4 Å². The van der Waals surface area contributed by atoms with Gasteiger partial charge in [-0.3, -0.25) is 0 Å². The highest BCUT2D eigenvalue weighted by atomic mass is 79.9. The topological polar surface area (TPSA) is 85.3 Å². The van der Waals surface area contributed by atoms with Gasteiger partial charge in [-0.15, -0.1) is 0 Å². The van der Waals surface area contributed by atoms with Crippen LogP contribution in [0.2, 0.25) is 0 Å². The number of rotatable bonds is 6. The highest BCUT2D eigenvalue weighted by Crippen LogP contribution is 2.47. The van der Waals surface area contributed by atoms with E-state index in [1.54, 1.807) is 4.90 Å². The molecule has 0 bridgehead atoms. The van der Waals surface area contributed by atoms with Gasteiger partial charge < -0.3 is 24.2 Å². The number of hydrogen-bond donors (Lipinski definition) is 1. The number of amides is 1. The Morgan fingerprint density at radius 1 is 0.925 bits per heavy atom. The number of halogens is 1. The molecule has 1 aliphatic heterocycles. The molecular formula is C32H32BrNO6. The molecule has 3 aromatic rings. The van der Waals surface area contributed by atoms with Crippen LogP contribution in [0.1, 0.15) is 48.3 Å². The van der Waals surface area contributed by atoms with Crippen LogP contribution in [0, 0.1) is 0 Å². The van der Waals surface area contributed by atoms with Crippen molar-refractivity contribution < 1.29 is 28.9 Å². The Bertz CT molecular complexity index is 1350. The van der Waals surface area contributed by atoms with Crippen molar-refractivity contribution in [3.8, 4) is 11.1 Å². The zero-order chi connectivity index (χ0) is 27.7. The summed E-state index contributed by atoms with van der Waals surface area (Å²) in [7, 11) is 0. The van der Waals surface area contributed by atoms with Crippen LogP contribution >= 0.6 is 15.9 Å². The van der Waals surface area contributed by atoms with Gasteiger partial charge in [0.15, 0.2) is 0 Å². The lowest BCUT2D eigenvalue weighted by Gasteiger charge is -2.49. The Morgan fingerprint density at radius 2 is 1.55 bits per heavy atom. The number of carbonyl (C=O) groups excluding carboxylic acids is 1. The minimum absolute atomic E-state index is 0.0129. The molecule has 1 spiro atoms. The summed E-state index contributed by atoms with van der Waals surface area (Å²) in [5, 5.41) is 9.31. The standard InChI is InChI=1S/C32H32BrNO6/c33-23-11-9-22(10-12-23)32(40-20-29(35)36)15-13-31(14-16-32)21-34(17-18-39-31)30(37)38-19-28-26-7-3-1-5-24(26)25-6-2-4-8-27(25)28/h1-12,28H,13-21H2,(H,35,36). The van der Waals surface area contributed by atoms with E-state index in [9.17, 15) is 14.7 Å². The third-order valence-corrected chi connectivity index (χ3v) is 9.18. The molecule has 1 amide bonds. The third kappa shape index (κ3) is 5.16. The number of carbonyl (C=O) groups is 2. The second kappa shape index (κ2) is 11.0. The number of nitrogens with zero attached hydrogens (tertiary/aromatic N) is 1. The van der Waals surface area contributed by atoms with E-state index in [0.29, 0.717) is 45.4 Å². The Balaban J connectivity index is 1.12. The maximum Gasteiger partial charge on any atom is 0.409 e. The first kappa shape index (κ1) is 27.0. The summed E-state index contributed by atoms with van der Waals surface area (Å²) in [6, 6.07) is 24.5. The second-order valence-corrected chi connectivity index (χ2v) is 11.9. The predicted molar refractivity (Wildman–Crippen MR) is 153 cm³/mol. The van der Waals surface area contributed by atoms with Crippen molar-refractivity contribution in [1.29, 1.82) is 0 Å². The van der Waals surface area contributed by atoms with Gasteiger partial charge in [0, 0.05) is 16.9 Å². The van der Waals surface area contributed by atoms with E-state index in [4.69, 9.17) is 14.2 Å². The van der Waals surface area contributed by atoms with Crippen LogP contribution in [0.5, 0.6) is 0 Å². The van der Waals surface area contributed by atoms with Gasteiger partial charge in [-0.25, -0.2) is 9.59 Å². The van der Waals surface area contributed by atoms with Gasteiger partial charge in [0.1, 0.15) is 13.2 Å². The first-order valence-corrected chi connectivity index (χ1v) is 14.5. The summed E-state index contributed by atoms with van der Waals surface area (Å²) in [4.78, 5) is 26.4. The number of fused-ring (bicyclic) bond motifs is 3. The Morgan fingerprint density at radius 3 is 2.17 bits per heavy atom. The van der Waals surface area contributed by atoms with Crippen LogP contribution in [-0.2, 0) is 24.6 Å². The molecule has 8 heteroatoms. The number of ether oxygens (including phenoxy) is 3. The second-order valence-electron chi connectivity index (χ2n) is 10.9. The van der Waals surface area contributed by atoms with Gasteiger partial charge in [-0.1, -0.05) is 76.6 Å². The Hall–Kier alpha value is -3.20. The molecule has 2 fully saturated rings. The lowest BCUT2D eigenvalue weighted by Crippen LogP contribution is -2.57. The van der Waals surface area contributed by atoms with E-state index in [0.717, 1.165) is 10.0 Å². The number of hydrogen-bond acceptors (Lipinski definition) is 5. The number of benzene rings is 3. The Labute approximate surface area is 242 Å². The molecule has 1 saturated heterocycles. The molecule has 208 valence electrons.